The van der Waals surface area contributed by atoms with Crippen molar-refractivity contribution >= 4 is 26.9 Å². The molecule has 0 fully saturated rings. The minimum absolute atomic E-state index is 0.0130. The molecule has 15 heavy (non-hydrogen) atoms. The van der Waals surface area contributed by atoms with Gasteiger partial charge in [-0.1, -0.05) is 0 Å². The average molecular weight is 272 g/mol. The molecule has 0 aliphatic heterocycles. The number of halogens is 1. The normalized spacial score (nSPS) is 13.3. The second kappa shape index (κ2) is 3.84. The van der Waals surface area contributed by atoms with Gasteiger partial charge in [0.2, 0.25) is 0 Å². The van der Waals surface area contributed by atoms with Crippen LogP contribution in [0, 0.1) is 0 Å². The molecule has 0 spiro atoms. The highest BCUT2D eigenvalue weighted by atomic mass is 79.9. The van der Waals surface area contributed by atoms with Crippen molar-refractivity contribution < 1.29 is 14.6 Å². The van der Waals surface area contributed by atoms with Gasteiger partial charge < -0.3 is 20.4 Å². The Morgan fingerprint density at radius 2 is 2.27 bits per heavy atom. The van der Waals surface area contributed by atoms with Crippen molar-refractivity contribution in [1.82, 2.24) is 0 Å². The lowest BCUT2D eigenvalue weighted by molar-refractivity contribution is 0.265. The number of aliphatic hydroxyl groups is 1. The lowest BCUT2D eigenvalue weighted by Crippen LogP contribution is -2.14. The second-order valence-electron chi connectivity index (χ2n) is 3.26. The Bertz CT molecular complexity index is 495. The molecule has 0 aliphatic carbocycles. The number of hydrogen-bond acceptors (Lipinski definition) is 4. The van der Waals surface area contributed by atoms with E-state index in [4.69, 9.17) is 15.3 Å². The molecular weight excluding hydrogens is 262 g/mol. The summed E-state index contributed by atoms with van der Waals surface area (Å²) in [6.45, 7) is -0.219. The first-order valence-electron chi connectivity index (χ1n) is 4.40. The summed E-state index contributed by atoms with van der Waals surface area (Å²) >= 11 is 3.23. The lowest BCUT2D eigenvalue weighted by Gasteiger charge is -2.12. The molecule has 0 saturated carbocycles. The topological polar surface area (TPSA) is 79.6 Å². The third kappa shape index (κ3) is 1.62. The van der Waals surface area contributed by atoms with E-state index in [2.05, 4.69) is 15.9 Å². The standard InChI is InChI=1S/C10H10BrNO3/c11-8-9(14)6(7(12)4-13)3-5-1-2-15-10(5)8/h1-3,7,13-14H,4,12H2. The number of nitrogens with two attached hydrogens (primary N) is 1. The van der Waals surface area contributed by atoms with Crippen LogP contribution in [-0.4, -0.2) is 16.8 Å². The molecule has 1 heterocycles. The van der Waals surface area contributed by atoms with E-state index < -0.39 is 6.04 Å². The third-order valence-corrected chi connectivity index (χ3v) is 3.02. The highest BCUT2D eigenvalue weighted by Gasteiger charge is 2.17. The molecule has 5 heteroatoms. The van der Waals surface area contributed by atoms with Gasteiger partial charge in [-0.2, -0.15) is 0 Å². The second-order valence-corrected chi connectivity index (χ2v) is 4.05. The fourth-order valence-corrected chi connectivity index (χ4v) is 2.01. The first-order valence-corrected chi connectivity index (χ1v) is 5.19. The fourth-order valence-electron chi connectivity index (χ4n) is 1.46. The first kappa shape index (κ1) is 10.5. The van der Waals surface area contributed by atoms with Gasteiger partial charge in [-0.25, -0.2) is 0 Å². The predicted octanol–water partition coefficient (Wildman–Crippen LogP) is 1.89. The maximum atomic E-state index is 9.82. The van der Waals surface area contributed by atoms with Gasteiger partial charge in [0.15, 0.2) is 5.58 Å². The SMILES string of the molecule is NC(CO)c1cc2ccoc2c(Br)c1O. The summed E-state index contributed by atoms with van der Waals surface area (Å²) in [6, 6.07) is 2.88. The van der Waals surface area contributed by atoms with E-state index in [1.165, 1.54) is 6.26 Å². The quantitative estimate of drug-likeness (QED) is 0.780. The summed E-state index contributed by atoms with van der Waals surface area (Å²) in [7, 11) is 0. The van der Waals surface area contributed by atoms with Gasteiger partial charge in [-0.3, -0.25) is 0 Å². The molecule has 0 bridgehead atoms. The Morgan fingerprint density at radius 1 is 1.53 bits per heavy atom. The van der Waals surface area contributed by atoms with Crippen molar-refractivity contribution in [3.8, 4) is 5.75 Å². The van der Waals surface area contributed by atoms with E-state index in [9.17, 15) is 5.11 Å². The van der Waals surface area contributed by atoms with Crippen molar-refractivity contribution in [2.75, 3.05) is 6.61 Å². The highest BCUT2D eigenvalue weighted by Crippen LogP contribution is 2.38. The number of aliphatic hydroxyl groups excluding tert-OH is 1. The summed E-state index contributed by atoms with van der Waals surface area (Å²) < 4.78 is 5.65. The van der Waals surface area contributed by atoms with Crippen molar-refractivity contribution in [1.29, 1.82) is 0 Å². The zero-order valence-electron chi connectivity index (χ0n) is 7.77. The Labute approximate surface area is 94.4 Å². The van der Waals surface area contributed by atoms with Gasteiger partial charge in [0, 0.05) is 10.9 Å². The molecule has 2 rings (SSSR count). The van der Waals surface area contributed by atoms with E-state index in [-0.39, 0.29) is 12.4 Å². The van der Waals surface area contributed by atoms with Crippen molar-refractivity contribution in [3.05, 3.63) is 28.4 Å². The Balaban J connectivity index is 2.70. The molecule has 1 unspecified atom stereocenters. The van der Waals surface area contributed by atoms with Crippen molar-refractivity contribution in [2.24, 2.45) is 5.73 Å². The maximum Gasteiger partial charge on any atom is 0.151 e. The molecule has 80 valence electrons. The highest BCUT2D eigenvalue weighted by molar-refractivity contribution is 9.10. The number of rotatable bonds is 2. The van der Waals surface area contributed by atoms with Crippen LogP contribution in [0.3, 0.4) is 0 Å². The van der Waals surface area contributed by atoms with E-state index in [0.29, 0.717) is 15.6 Å². The van der Waals surface area contributed by atoms with Crippen molar-refractivity contribution in [2.45, 2.75) is 6.04 Å². The fraction of sp³-hybridized carbons (Fsp3) is 0.200. The van der Waals surface area contributed by atoms with Crippen molar-refractivity contribution in [3.63, 3.8) is 0 Å². The average Bonchev–Trinajstić information content (AvgIpc) is 2.70. The minimum atomic E-state index is -0.597. The molecule has 1 aromatic heterocycles. The zero-order chi connectivity index (χ0) is 11.0. The van der Waals surface area contributed by atoms with E-state index in [1.807, 2.05) is 0 Å². The molecule has 0 saturated heterocycles. The van der Waals surface area contributed by atoms with Crippen LogP contribution in [0.25, 0.3) is 11.0 Å². The molecule has 1 atom stereocenters. The summed E-state index contributed by atoms with van der Waals surface area (Å²) in [6.07, 6.45) is 1.53. The number of hydrogen-bond donors (Lipinski definition) is 3. The predicted molar refractivity (Wildman–Crippen MR) is 59.6 cm³/mol. The van der Waals surface area contributed by atoms with Gasteiger partial charge in [0.05, 0.1) is 18.9 Å². The van der Waals surface area contributed by atoms with Crippen LogP contribution in [0.1, 0.15) is 11.6 Å². The van der Waals surface area contributed by atoms with Gasteiger partial charge in [0.1, 0.15) is 10.2 Å². The van der Waals surface area contributed by atoms with Gasteiger partial charge >= 0.3 is 0 Å². The first-order chi connectivity index (χ1) is 7.15. The van der Waals surface area contributed by atoms with E-state index >= 15 is 0 Å². The smallest absolute Gasteiger partial charge is 0.151 e. The molecule has 4 nitrogen and oxygen atoms in total. The molecule has 0 amide bonds. The Kier molecular flexibility index (Phi) is 2.68. The molecule has 0 aliphatic rings. The number of phenols is 1. The summed E-state index contributed by atoms with van der Waals surface area (Å²) in [5.74, 6) is 0.0130. The molecular formula is C10H10BrNO3. The minimum Gasteiger partial charge on any atom is -0.506 e. The molecule has 1 aromatic carbocycles. The van der Waals surface area contributed by atoms with E-state index in [1.54, 1.807) is 12.1 Å². The summed E-state index contributed by atoms with van der Waals surface area (Å²) in [4.78, 5) is 0. The number of benzene rings is 1. The van der Waals surface area contributed by atoms with Crippen LogP contribution in [0.4, 0.5) is 0 Å². The van der Waals surface area contributed by atoms with Crippen LogP contribution in [0.15, 0.2) is 27.3 Å². The van der Waals surface area contributed by atoms with Gasteiger partial charge in [-0.15, -0.1) is 0 Å². The zero-order valence-corrected chi connectivity index (χ0v) is 9.36. The number of phenolic OH excluding ortho intramolecular Hbond substituents is 1. The Morgan fingerprint density at radius 3 is 2.93 bits per heavy atom. The molecule has 0 radical (unpaired) electrons. The number of fused-ring (bicyclic) bond motifs is 1. The van der Waals surface area contributed by atoms with Gasteiger partial charge in [-0.05, 0) is 28.1 Å². The van der Waals surface area contributed by atoms with Crippen LogP contribution in [0.2, 0.25) is 0 Å². The Hall–Kier alpha value is -1.04. The largest absolute Gasteiger partial charge is 0.506 e. The van der Waals surface area contributed by atoms with Crippen LogP contribution >= 0.6 is 15.9 Å². The number of furan rings is 1. The van der Waals surface area contributed by atoms with Gasteiger partial charge in [0.25, 0.3) is 0 Å². The third-order valence-electron chi connectivity index (χ3n) is 2.28. The number of aromatic hydroxyl groups is 1. The monoisotopic (exact) mass is 271 g/mol. The lowest BCUT2D eigenvalue weighted by atomic mass is 10.1. The van der Waals surface area contributed by atoms with E-state index in [0.717, 1.165) is 5.39 Å². The molecule has 4 N–H and O–H groups in total. The summed E-state index contributed by atoms with van der Waals surface area (Å²) in [5, 5.41) is 19.6. The summed E-state index contributed by atoms with van der Waals surface area (Å²) in [5.41, 5.74) is 6.73. The molecule has 2 aromatic rings. The van der Waals surface area contributed by atoms with Crippen LogP contribution < -0.4 is 5.73 Å². The van der Waals surface area contributed by atoms with Crippen LogP contribution in [-0.2, 0) is 0 Å². The maximum absolute atomic E-state index is 9.82. The van der Waals surface area contributed by atoms with Crippen LogP contribution in [0.5, 0.6) is 5.75 Å².